The van der Waals surface area contributed by atoms with Crippen LogP contribution in [0.1, 0.15) is 0 Å². The number of carboxylic acids is 2. The van der Waals surface area contributed by atoms with Crippen LogP contribution >= 0.6 is 11.8 Å². The van der Waals surface area contributed by atoms with Gasteiger partial charge in [-0.15, -0.1) is 18.3 Å². The Bertz CT molecular complexity index is 649. The summed E-state index contributed by atoms with van der Waals surface area (Å²) >= 11 is 1.37. The first-order chi connectivity index (χ1) is 10.9. The first kappa shape index (κ1) is 17.0. The van der Waals surface area contributed by atoms with E-state index in [0.29, 0.717) is 11.4 Å². The minimum atomic E-state index is -1.15. The lowest BCUT2D eigenvalue weighted by molar-refractivity contribution is -0.139. The Kier molecular flexibility index (Phi) is 5.41. The summed E-state index contributed by atoms with van der Waals surface area (Å²) in [4.78, 5) is 36.8. The number of carbonyl (C=O) groups excluding carboxylic acids is 1. The maximum Gasteiger partial charge on any atom is 0.324 e. The molecule has 0 radical (unpaired) electrons. The molecule has 0 bridgehead atoms. The molecule has 0 saturated heterocycles. The number of rotatable bonds is 6. The lowest BCUT2D eigenvalue weighted by atomic mass is 10.2. The Hall–Kier alpha value is -2.32. The van der Waals surface area contributed by atoms with Crippen LogP contribution in [0.3, 0.4) is 0 Å². The maximum atomic E-state index is 12.7. The van der Waals surface area contributed by atoms with E-state index in [1.54, 1.807) is 24.3 Å². The van der Waals surface area contributed by atoms with E-state index in [1.807, 2.05) is 0 Å². The van der Waals surface area contributed by atoms with Crippen LogP contribution in [0, 0.1) is 0 Å². The Balaban J connectivity index is 2.32. The molecule has 2 rings (SSSR count). The summed E-state index contributed by atoms with van der Waals surface area (Å²) in [7, 11) is 0. The van der Waals surface area contributed by atoms with Crippen molar-refractivity contribution >= 4 is 35.3 Å². The number of benzene rings is 1. The van der Waals surface area contributed by atoms with Gasteiger partial charge in [0.25, 0.3) is 0 Å². The molecule has 3 N–H and O–H groups in total. The van der Waals surface area contributed by atoms with Gasteiger partial charge in [-0.1, -0.05) is 18.2 Å². The standard InChI is InChI=1S/C15H16N2O5S/c1-2-9(15(21)22)16-10-8-23-12-6-4-3-5-11(12)17(14(10)20)7-13(18)19/h2-6,9-10,16H,1,7-8H2,(H,18,19)(H,21,22). The molecule has 2 unspecified atom stereocenters. The van der Waals surface area contributed by atoms with E-state index in [-0.39, 0.29) is 0 Å². The fourth-order valence-corrected chi connectivity index (χ4v) is 3.31. The predicted molar refractivity (Wildman–Crippen MR) is 85.7 cm³/mol. The van der Waals surface area contributed by atoms with Crippen LogP contribution in [-0.4, -0.2) is 52.4 Å². The van der Waals surface area contributed by atoms with Gasteiger partial charge < -0.3 is 10.2 Å². The number of para-hydroxylation sites is 1. The number of hydrogen-bond donors (Lipinski definition) is 3. The van der Waals surface area contributed by atoms with Crippen molar-refractivity contribution in [3.8, 4) is 0 Å². The van der Waals surface area contributed by atoms with Crippen molar-refractivity contribution < 1.29 is 24.6 Å². The number of fused-ring (bicyclic) bond motifs is 1. The lowest BCUT2D eigenvalue weighted by Crippen LogP contribution is -2.53. The second-order valence-corrected chi connectivity index (χ2v) is 5.93. The minimum absolute atomic E-state index is 0.295. The Labute approximate surface area is 137 Å². The molecule has 1 aromatic rings. The number of thioether (sulfide) groups is 1. The van der Waals surface area contributed by atoms with Crippen LogP contribution in [0.5, 0.6) is 0 Å². The SMILES string of the molecule is C=CC(NC1CSc2ccccc2N(CC(=O)O)C1=O)C(=O)O. The molecule has 122 valence electrons. The van der Waals surface area contributed by atoms with Crippen LogP contribution in [0.15, 0.2) is 41.8 Å². The molecule has 8 heteroatoms. The van der Waals surface area contributed by atoms with Gasteiger partial charge in [0.1, 0.15) is 12.6 Å². The number of nitrogens with one attached hydrogen (secondary N) is 1. The Morgan fingerprint density at radius 1 is 1.43 bits per heavy atom. The third kappa shape index (κ3) is 3.91. The zero-order chi connectivity index (χ0) is 17.0. The van der Waals surface area contributed by atoms with Gasteiger partial charge >= 0.3 is 11.9 Å². The zero-order valence-corrected chi connectivity index (χ0v) is 13.0. The molecule has 23 heavy (non-hydrogen) atoms. The average molecular weight is 336 g/mol. The summed E-state index contributed by atoms with van der Waals surface area (Å²) in [6.45, 7) is 2.95. The maximum absolute atomic E-state index is 12.7. The number of amides is 1. The van der Waals surface area contributed by atoms with Gasteiger partial charge in [0.05, 0.1) is 11.7 Å². The predicted octanol–water partition coefficient (Wildman–Crippen LogP) is 0.807. The second-order valence-electron chi connectivity index (χ2n) is 4.87. The molecule has 0 spiro atoms. The smallest absolute Gasteiger partial charge is 0.324 e. The summed E-state index contributed by atoms with van der Waals surface area (Å²) < 4.78 is 0. The third-order valence-corrected chi connectivity index (χ3v) is 4.46. The summed E-state index contributed by atoms with van der Waals surface area (Å²) in [6.07, 6.45) is 1.19. The van der Waals surface area contributed by atoms with E-state index in [2.05, 4.69) is 11.9 Å². The van der Waals surface area contributed by atoms with E-state index < -0.39 is 36.5 Å². The lowest BCUT2D eigenvalue weighted by Gasteiger charge is -2.25. The van der Waals surface area contributed by atoms with E-state index in [9.17, 15) is 14.4 Å². The summed E-state index contributed by atoms with van der Waals surface area (Å²) in [5.41, 5.74) is 0.514. The highest BCUT2D eigenvalue weighted by atomic mass is 32.2. The van der Waals surface area contributed by atoms with E-state index >= 15 is 0 Å². The second kappa shape index (κ2) is 7.30. The highest BCUT2D eigenvalue weighted by Gasteiger charge is 2.33. The summed E-state index contributed by atoms with van der Waals surface area (Å²) in [5, 5.41) is 20.9. The Morgan fingerprint density at radius 3 is 2.74 bits per heavy atom. The number of carbonyl (C=O) groups is 3. The van der Waals surface area contributed by atoms with E-state index in [0.717, 1.165) is 9.80 Å². The molecule has 0 saturated carbocycles. The van der Waals surface area contributed by atoms with Crippen molar-refractivity contribution in [2.75, 3.05) is 17.2 Å². The van der Waals surface area contributed by atoms with Gasteiger partial charge in [0.2, 0.25) is 5.91 Å². The highest BCUT2D eigenvalue weighted by Crippen LogP contribution is 2.34. The van der Waals surface area contributed by atoms with Gasteiger partial charge in [-0.05, 0) is 12.1 Å². The molecule has 1 aliphatic heterocycles. The van der Waals surface area contributed by atoms with Crippen molar-refractivity contribution in [2.45, 2.75) is 17.0 Å². The van der Waals surface area contributed by atoms with Crippen molar-refractivity contribution in [1.29, 1.82) is 0 Å². The third-order valence-electron chi connectivity index (χ3n) is 3.30. The van der Waals surface area contributed by atoms with Crippen LogP contribution in [0.2, 0.25) is 0 Å². The van der Waals surface area contributed by atoms with Crippen molar-refractivity contribution in [3.63, 3.8) is 0 Å². The molecular formula is C15H16N2O5S. The molecular weight excluding hydrogens is 320 g/mol. The average Bonchev–Trinajstić information content (AvgIpc) is 2.63. The molecule has 0 aromatic heterocycles. The molecule has 1 aromatic carbocycles. The largest absolute Gasteiger partial charge is 0.480 e. The van der Waals surface area contributed by atoms with Crippen LogP contribution in [-0.2, 0) is 14.4 Å². The Morgan fingerprint density at radius 2 is 2.13 bits per heavy atom. The molecule has 0 fully saturated rings. The zero-order valence-electron chi connectivity index (χ0n) is 12.1. The minimum Gasteiger partial charge on any atom is -0.480 e. The fourth-order valence-electron chi connectivity index (χ4n) is 2.23. The molecule has 0 aliphatic carbocycles. The molecule has 1 amide bonds. The van der Waals surface area contributed by atoms with E-state index in [4.69, 9.17) is 10.2 Å². The fraction of sp³-hybridized carbons (Fsp3) is 0.267. The summed E-state index contributed by atoms with van der Waals surface area (Å²) in [6, 6.07) is 5.08. The monoisotopic (exact) mass is 336 g/mol. The van der Waals surface area contributed by atoms with Crippen molar-refractivity contribution in [2.24, 2.45) is 0 Å². The molecule has 1 aliphatic rings. The highest BCUT2D eigenvalue weighted by molar-refractivity contribution is 7.99. The number of aliphatic carboxylic acids is 2. The van der Waals surface area contributed by atoms with Crippen LogP contribution < -0.4 is 10.2 Å². The van der Waals surface area contributed by atoms with Crippen LogP contribution in [0.4, 0.5) is 5.69 Å². The van der Waals surface area contributed by atoms with Crippen molar-refractivity contribution in [1.82, 2.24) is 5.32 Å². The summed E-state index contributed by atoms with van der Waals surface area (Å²) in [5.74, 6) is -2.47. The van der Waals surface area contributed by atoms with Gasteiger partial charge in [0.15, 0.2) is 0 Å². The quantitative estimate of drug-likeness (QED) is 0.660. The normalized spacial score (nSPS) is 18.7. The van der Waals surface area contributed by atoms with Gasteiger partial charge in [-0.25, -0.2) is 0 Å². The van der Waals surface area contributed by atoms with E-state index in [1.165, 1.54) is 17.8 Å². The first-order valence-corrected chi connectivity index (χ1v) is 7.79. The van der Waals surface area contributed by atoms with Gasteiger partial charge in [0, 0.05) is 10.6 Å². The number of carboxylic acid groups (broad SMARTS) is 2. The van der Waals surface area contributed by atoms with Crippen molar-refractivity contribution in [3.05, 3.63) is 36.9 Å². The van der Waals surface area contributed by atoms with Gasteiger partial charge in [-0.2, -0.15) is 0 Å². The molecule has 7 nitrogen and oxygen atoms in total. The van der Waals surface area contributed by atoms with Gasteiger partial charge in [-0.3, -0.25) is 24.6 Å². The number of nitrogens with zero attached hydrogens (tertiary/aromatic N) is 1. The molecule has 2 atom stereocenters. The molecule has 1 heterocycles. The number of anilines is 1. The first-order valence-electron chi connectivity index (χ1n) is 6.80. The van der Waals surface area contributed by atoms with Crippen LogP contribution in [0.25, 0.3) is 0 Å². The topological polar surface area (TPSA) is 107 Å². The number of hydrogen-bond acceptors (Lipinski definition) is 5.